The number of carbonyl (C=O) groups is 1. The number of nitriles is 1. The zero-order chi connectivity index (χ0) is 14.8. The van der Waals surface area contributed by atoms with E-state index in [2.05, 4.69) is 11.8 Å². The smallest absolute Gasteiger partial charge is 0.237 e. The Morgan fingerprint density at radius 2 is 2.00 bits per heavy atom. The maximum atomic E-state index is 12.0. The van der Waals surface area contributed by atoms with Gasteiger partial charge in [-0.05, 0) is 32.4 Å². The van der Waals surface area contributed by atoms with Crippen molar-refractivity contribution < 1.29 is 9.53 Å². The number of nitrogens with zero attached hydrogens (tertiary/aromatic N) is 1. The summed E-state index contributed by atoms with van der Waals surface area (Å²) in [6, 6.07) is 9.62. The molecule has 0 saturated heterocycles. The van der Waals surface area contributed by atoms with Crippen LogP contribution in [0.2, 0.25) is 0 Å². The van der Waals surface area contributed by atoms with Gasteiger partial charge in [-0.2, -0.15) is 5.26 Å². The number of allylic oxidation sites excluding steroid dienone is 2. The molecule has 2 rings (SSSR count). The van der Waals surface area contributed by atoms with E-state index in [1.807, 2.05) is 44.2 Å². The largest absolute Gasteiger partial charge is 0.495 e. The molecule has 1 aliphatic rings. The third-order valence-corrected chi connectivity index (χ3v) is 3.35. The molecule has 0 spiro atoms. The molecule has 0 saturated carbocycles. The quantitative estimate of drug-likeness (QED) is 0.772. The van der Waals surface area contributed by atoms with Crippen LogP contribution in [0.3, 0.4) is 0 Å². The Balaban J connectivity index is 2.45. The molecule has 0 bridgehead atoms. The average Bonchev–Trinajstić information content (AvgIpc) is 2.47. The zero-order valence-corrected chi connectivity index (χ0v) is 11.8. The van der Waals surface area contributed by atoms with Gasteiger partial charge in [0.15, 0.2) is 0 Å². The zero-order valence-electron chi connectivity index (χ0n) is 11.8. The van der Waals surface area contributed by atoms with Crippen molar-refractivity contribution in [3.05, 3.63) is 46.7 Å². The van der Waals surface area contributed by atoms with Gasteiger partial charge in [-0.15, -0.1) is 0 Å². The maximum Gasteiger partial charge on any atom is 0.237 e. The summed E-state index contributed by atoms with van der Waals surface area (Å²) in [7, 11) is 0. The summed E-state index contributed by atoms with van der Waals surface area (Å²) < 4.78 is 5.42. The van der Waals surface area contributed by atoms with Crippen molar-refractivity contribution in [1.82, 2.24) is 0 Å². The Hall–Kier alpha value is -2.52. The van der Waals surface area contributed by atoms with E-state index in [9.17, 15) is 10.1 Å². The predicted molar refractivity (Wildman–Crippen MR) is 75.4 cm³/mol. The van der Waals surface area contributed by atoms with Crippen LogP contribution in [0.25, 0.3) is 0 Å². The van der Waals surface area contributed by atoms with E-state index in [1.165, 1.54) is 0 Å². The Morgan fingerprint density at radius 3 is 2.60 bits per heavy atom. The molecule has 20 heavy (non-hydrogen) atoms. The summed E-state index contributed by atoms with van der Waals surface area (Å²) in [6.07, 6.45) is 0. The predicted octanol–water partition coefficient (Wildman–Crippen LogP) is 2.75. The van der Waals surface area contributed by atoms with Crippen molar-refractivity contribution in [3.8, 4) is 17.9 Å². The maximum absolute atomic E-state index is 12.0. The van der Waals surface area contributed by atoms with Crippen molar-refractivity contribution in [2.24, 2.45) is 5.41 Å². The number of aryl methyl sites for hydroxylation is 1. The molecule has 0 aliphatic heterocycles. The van der Waals surface area contributed by atoms with E-state index < -0.39 is 5.41 Å². The Bertz CT molecular complexity index is 698. The van der Waals surface area contributed by atoms with Gasteiger partial charge in [0.1, 0.15) is 5.76 Å². The summed E-state index contributed by atoms with van der Waals surface area (Å²) >= 11 is 0. The fraction of sp³-hybridized carbons (Fsp3) is 0.294. The van der Waals surface area contributed by atoms with Gasteiger partial charge in [0.25, 0.3) is 0 Å². The minimum absolute atomic E-state index is 0.260. The van der Waals surface area contributed by atoms with Crippen LogP contribution in [-0.2, 0) is 9.53 Å². The lowest BCUT2D eigenvalue weighted by molar-refractivity contribution is -0.123. The van der Waals surface area contributed by atoms with Crippen molar-refractivity contribution in [2.75, 3.05) is 6.61 Å². The van der Waals surface area contributed by atoms with Crippen molar-refractivity contribution >= 4 is 5.78 Å². The van der Waals surface area contributed by atoms with Crippen LogP contribution >= 0.6 is 0 Å². The fourth-order valence-electron chi connectivity index (χ4n) is 2.18. The standard InChI is InChI=1S/C17H15NO2/c1-4-20-16-13(3)15(19)17(16,11-18)10-9-14-8-6-5-7-12(14)2/h5-8H,4H2,1-3H3. The van der Waals surface area contributed by atoms with Gasteiger partial charge in [0.2, 0.25) is 11.2 Å². The molecule has 0 aromatic heterocycles. The van der Waals surface area contributed by atoms with Gasteiger partial charge in [-0.1, -0.05) is 30.0 Å². The molecule has 0 heterocycles. The highest BCUT2D eigenvalue weighted by molar-refractivity contribution is 6.13. The van der Waals surface area contributed by atoms with E-state index >= 15 is 0 Å². The van der Waals surface area contributed by atoms with Crippen molar-refractivity contribution in [1.29, 1.82) is 5.26 Å². The topological polar surface area (TPSA) is 50.1 Å². The summed E-state index contributed by atoms with van der Waals surface area (Å²) in [5, 5.41) is 9.38. The molecule has 1 atom stereocenters. The molecule has 0 amide bonds. The molecule has 1 aliphatic carbocycles. The number of ketones is 1. The number of benzene rings is 1. The van der Waals surface area contributed by atoms with E-state index in [1.54, 1.807) is 6.92 Å². The first-order chi connectivity index (χ1) is 9.56. The molecular weight excluding hydrogens is 250 g/mol. The molecule has 100 valence electrons. The highest BCUT2D eigenvalue weighted by atomic mass is 16.5. The van der Waals surface area contributed by atoms with E-state index in [0.29, 0.717) is 17.9 Å². The molecule has 0 fully saturated rings. The van der Waals surface area contributed by atoms with Crippen molar-refractivity contribution in [3.63, 3.8) is 0 Å². The molecule has 0 N–H and O–H groups in total. The molecule has 0 radical (unpaired) electrons. The van der Waals surface area contributed by atoms with Gasteiger partial charge >= 0.3 is 0 Å². The first kappa shape index (κ1) is 13.9. The fourth-order valence-corrected chi connectivity index (χ4v) is 2.18. The Kier molecular flexibility index (Phi) is 3.63. The number of hydrogen-bond acceptors (Lipinski definition) is 3. The minimum Gasteiger partial charge on any atom is -0.495 e. The summed E-state index contributed by atoms with van der Waals surface area (Å²) in [5.41, 5.74) is 0.892. The summed E-state index contributed by atoms with van der Waals surface area (Å²) in [6.45, 7) is 5.84. The SMILES string of the molecule is CCOC1=C(C)C(=O)C1(C#N)C#Cc1ccccc1C. The van der Waals surface area contributed by atoms with Crippen LogP contribution in [0.15, 0.2) is 35.6 Å². The monoisotopic (exact) mass is 265 g/mol. The molecule has 1 aromatic carbocycles. The lowest BCUT2D eigenvalue weighted by atomic mass is 9.69. The molecule has 1 aromatic rings. The van der Waals surface area contributed by atoms with Gasteiger partial charge in [-0.3, -0.25) is 4.79 Å². The van der Waals surface area contributed by atoms with Crippen LogP contribution in [0.1, 0.15) is 25.0 Å². The second-order valence-electron chi connectivity index (χ2n) is 4.64. The summed E-state index contributed by atoms with van der Waals surface area (Å²) in [5.74, 6) is 5.89. The van der Waals surface area contributed by atoms with Gasteiger partial charge in [0, 0.05) is 11.1 Å². The van der Waals surface area contributed by atoms with Crippen LogP contribution in [0.4, 0.5) is 0 Å². The Labute approximate surface area is 118 Å². The first-order valence-electron chi connectivity index (χ1n) is 6.45. The highest BCUT2D eigenvalue weighted by Gasteiger charge is 2.54. The minimum atomic E-state index is -1.43. The number of hydrogen-bond donors (Lipinski definition) is 0. The highest BCUT2D eigenvalue weighted by Crippen LogP contribution is 2.42. The molecule has 3 nitrogen and oxygen atoms in total. The van der Waals surface area contributed by atoms with Crippen molar-refractivity contribution in [2.45, 2.75) is 20.8 Å². The van der Waals surface area contributed by atoms with Crippen LogP contribution in [-0.4, -0.2) is 12.4 Å². The normalized spacial score (nSPS) is 20.6. The summed E-state index contributed by atoms with van der Waals surface area (Å²) in [4.78, 5) is 12.0. The third-order valence-electron chi connectivity index (χ3n) is 3.35. The lowest BCUT2D eigenvalue weighted by Gasteiger charge is -2.32. The number of Topliss-reactive ketones (excluding diaryl/α,β-unsaturated/α-hetero) is 1. The van der Waals surface area contributed by atoms with Gasteiger partial charge in [-0.25, -0.2) is 0 Å². The van der Waals surface area contributed by atoms with E-state index in [0.717, 1.165) is 11.1 Å². The number of ether oxygens (including phenoxy) is 1. The Morgan fingerprint density at radius 1 is 1.30 bits per heavy atom. The molecule has 3 heteroatoms. The van der Waals surface area contributed by atoms with E-state index in [4.69, 9.17) is 4.74 Å². The first-order valence-corrected chi connectivity index (χ1v) is 6.45. The second-order valence-corrected chi connectivity index (χ2v) is 4.64. The molecular formula is C17H15NO2. The van der Waals surface area contributed by atoms with Gasteiger partial charge < -0.3 is 4.74 Å². The van der Waals surface area contributed by atoms with Gasteiger partial charge in [0.05, 0.1) is 12.7 Å². The third kappa shape index (κ3) is 1.98. The second kappa shape index (κ2) is 5.23. The lowest BCUT2D eigenvalue weighted by Crippen LogP contribution is -2.42. The van der Waals surface area contributed by atoms with Crippen LogP contribution < -0.4 is 0 Å². The van der Waals surface area contributed by atoms with E-state index in [-0.39, 0.29) is 5.78 Å². The van der Waals surface area contributed by atoms with Crippen LogP contribution in [0, 0.1) is 35.5 Å². The average molecular weight is 265 g/mol. The number of rotatable bonds is 2. The number of carbonyl (C=O) groups excluding carboxylic acids is 1. The molecule has 1 unspecified atom stereocenters. The van der Waals surface area contributed by atoms with Crippen LogP contribution in [0.5, 0.6) is 0 Å².